The van der Waals surface area contributed by atoms with Gasteiger partial charge >= 0.3 is 5.91 Å². The lowest BCUT2D eigenvalue weighted by Crippen LogP contribution is -2.24. The summed E-state index contributed by atoms with van der Waals surface area (Å²) >= 11 is 0. The number of aromatic amines is 1. The Bertz CT molecular complexity index is 1030. The Labute approximate surface area is 141 Å². The minimum atomic E-state index is -0.679. The van der Waals surface area contributed by atoms with Crippen LogP contribution in [-0.2, 0) is 0 Å². The highest BCUT2D eigenvalue weighted by molar-refractivity contribution is 5.93. The topological polar surface area (TPSA) is 117 Å². The number of phenols is 1. The summed E-state index contributed by atoms with van der Waals surface area (Å²) in [7, 11) is 1.43. The molecule has 2 aromatic carbocycles. The first kappa shape index (κ1) is 16.2. The molecular formula is C17H14N4O4. The third-order valence-corrected chi connectivity index (χ3v) is 3.45. The van der Waals surface area contributed by atoms with E-state index < -0.39 is 11.5 Å². The molecule has 3 aromatic rings. The molecule has 1 heterocycles. The van der Waals surface area contributed by atoms with Crippen LogP contribution in [0.15, 0.2) is 52.4 Å². The van der Waals surface area contributed by atoms with Crippen LogP contribution >= 0.6 is 0 Å². The van der Waals surface area contributed by atoms with Crippen molar-refractivity contribution in [3.05, 3.63) is 64.2 Å². The monoisotopic (exact) mass is 338 g/mol. The first-order chi connectivity index (χ1) is 12.1. The molecule has 0 atom stereocenters. The zero-order valence-corrected chi connectivity index (χ0v) is 13.2. The molecule has 1 amide bonds. The number of para-hydroxylation sites is 2. The average molecular weight is 338 g/mol. The van der Waals surface area contributed by atoms with E-state index in [2.05, 4.69) is 20.5 Å². The van der Waals surface area contributed by atoms with Crippen molar-refractivity contribution >= 4 is 23.0 Å². The molecule has 0 aliphatic heterocycles. The van der Waals surface area contributed by atoms with Gasteiger partial charge in [-0.15, -0.1) is 0 Å². The van der Waals surface area contributed by atoms with Crippen LogP contribution in [0.1, 0.15) is 16.2 Å². The number of amides is 1. The summed E-state index contributed by atoms with van der Waals surface area (Å²) in [6.45, 7) is 0. The summed E-state index contributed by atoms with van der Waals surface area (Å²) in [6, 6.07) is 11.6. The number of hydrogen-bond donors (Lipinski definition) is 3. The van der Waals surface area contributed by atoms with Gasteiger partial charge in [0, 0.05) is 5.56 Å². The standard InChI is InChI=1S/C17H14N4O4/c1-25-13-8-4-5-10(14(13)22)9-18-21-17(24)15-19-12-7-3-2-6-11(12)16(23)20-15/h2-9,22H,1H3,(H,21,24)(H,19,20,23)/b18-9+. The maximum absolute atomic E-state index is 12.1. The first-order valence-electron chi connectivity index (χ1n) is 7.28. The molecule has 0 spiro atoms. The Hall–Kier alpha value is -3.68. The van der Waals surface area contributed by atoms with E-state index in [0.29, 0.717) is 16.5 Å². The molecule has 8 heteroatoms. The second-order valence-electron chi connectivity index (χ2n) is 5.03. The number of nitrogens with one attached hydrogen (secondary N) is 2. The predicted octanol–water partition coefficient (Wildman–Crippen LogP) is 1.40. The van der Waals surface area contributed by atoms with Gasteiger partial charge in [-0.05, 0) is 24.3 Å². The van der Waals surface area contributed by atoms with Gasteiger partial charge in [0.1, 0.15) is 0 Å². The van der Waals surface area contributed by atoms with E-state index in [0.717, 1.165) is 0 Å². The number of rotatable bonds is 4. The van der Waals surface area contributed by atoms with Crippen LogP contribution in [0.4, 0.5) is 0 Å². The van der Waals surface area contributed by atoms with Gasteiger partial charge in [-0.25, -0.2) is 10.4 Å². The zero-order valence-electron chi connectivity index (χ0n) is 13.2. The second-order valence-corrected chi connectivity index (χ2v) is 5.03. The number of carbonyl (C=O) groups excluding carboxylic acids is 1. The zero-order chi connectivity index (χ0) is 17.8. The van der Waals surface area contributed by atoms with Gasteiger partial charge < -0.3 is 14.8 Å². The van der Waals surface area contributed by atoms with Crippen LogP contribution in [0.3, 0.4) is 0 Å². The molecule has 0 fully saturated rings. The number of benzene rings is 2. The Balaban J connectivity index is 1.80. The average Bonchev–Trinajstić information content (AvgIpc) is 2.63. The van der Waals surface area contributed by atoms with E-state index in [9.17, 15) is 14.7 Å². The van der Waals surface area contributed by atoms with E-state index >= 15 is 0 Å². The van der Waals surface area contributed by atoms with Crippen LogP contribution in [0.5, 0.6) is 11.5 Å². The molecule has 1 aromatic heterocycles. The van der Waals surface area contributed by atoms with Crippen molar-refractivity contribution in [2.24, 2.45) is 5.10 Å². The molecule has 3 rings (SSSR count). The molecule has 25 heavy (non-hydrogen) atoms. The van der Waals surface area contributed by atoms with Crippen molar-refractivity contribution in [2.75, 3.05) is 7.11 Å². The van der Waals surface area contributed by atoms with Crippen LogP contribution in [-0.4, -0.2) is 34.3 Å². The smallest absolute Gasteiger partial charge is 0.307 e. The van der Waals surface area contributed by atoms with Crippen molar-refractivity contribution in [2.45, 2.75) is 0 Å². The molecule has 126 valence electrons. The highest BCUT2D eigenvalue weighted by Crippen LogP contribution is 2.27. The van der Waals surface area contributed by atoms with Gasteiger partial charge in [0.25, 0.3) is 5.56 Å². The van der Waals surface area contributed by atoms with Gasteiger partial charge in [0.15, 0.2) is 11.5 Å². The first-order valence-corrected chi connectivity index (χ1v) is 7.28. The summed E-state index contributed by atoms with van der Waals surface area (Å²) < 4.78 is 4.99. The van der Waals surface area contributed by atoms with Crippen molar-refractivity contribution in [3.8, 4) is 11.5 Å². The number of ether oxygens (including phenoxy) is 1. The van der Waals surface area contributed by atoms with Gasteiger partial charge in [-0.2, -0.15) is 5.10 Å². The Morgan fingerprint density at radius 3 is 2.88 bits per heavy atom. The molecule has 0 aliphatic rings. The lowest BCUT2D eigenvalue weighted by molar-refractivity contribution is 0.0945. The SMILES string of the molecule is COc1cccc(/C=N/NC(=O)c2nc3ccccc3c(=O)[nH]2)c1O. The van der Waals surface area contributed by atoms with Crippen LogP contribution in [0.25, 0.3) is 10.9 Å². The normalized spacial score (nSPS) is 10.9. The number of hydrogen-bond acceptors (Lipinski definition) is 6. The van der Waals surface area contributed by atoms with E-state index in [1.165, 1.54) is 13.3 Å². The minimum Gasteiger partial charge on any atom is -0.504 e. The molecule has 0 aliphatic carbocycles. The van der Waals surface area contributed by atoms with E-state index in [4.69, 9.17) is 4.74 Å². The Kier molecular flexibility index (Phi) is 4.42. The Morgan fingerprint density at radius 2 is 2.08 bits per heavy atom. The summed E-state index contributed by atoms with van der Waals surface area (Å²) in [5, 5.41) is 14.1. The fourth-order valence-electron chi connectivity index (χ4n) is 2.22. The molecule has 8 nitrogen and oxygen atoms in total. The van der Waals surface area contributed by atoms with Crippen LogP contribution < -0.4 is 15.7 Å². The van der Waals surface area contributed by atoms with Crippen molar-refractivity contribution in [3.63, 3.8) is 0 Å². The van der Waals surface area contributed by atoms with Gasteiger partial charge in [0.05, 0.1) is 24.2 Å². The third-order valence-electron chi connectivity index (χ3n) is 3.45. The molecule has 0 unspecified atom stereocenters. The fraction of sp³-hybridized carbons (Fsp3) is 0.0588. The number of hydrazone groups is 1. The van der Waals surface area contributed by atoms with Crippen LogP contribution in [0.2, 0.25) is 0 Å². The van der Waals surface area contributed by atoms with Gasteiger partial charge in [-0.3, -0.25) is 9.59 Å². The number of aromatic nitrogens is 2. The Morgan fingerprint density at radius 1 is 1.28 bits per heavy atom. The number of phenolic OH excluding ortho intramolecular Hbond substituents is 1. The molecule has 3 N–H and O–H groups in total. The van der Waals surface area contributed by atoms with Gasteiger partial charge in [0.2, 0.25) is 5.82 Å². The number of nitrogens with zero attached hydrogens (tertiary/aromatic N) is 2. The largest absolute Gasteiger partial charge is 0.504 e. The van der Waals surface area contributed by atoms with Crippen molar-refractivity contribution in [1.82, 2.24) is 15.4 Å². The number of fused-ring (bicyclic) bond motifs is 1. The highest BCUT2D eigenvalue weighted by Gasteiger charge is 2.10. The number of aromatic hydroxyl groups is 1. The maximum Gasteiger partial charge on any atom is 0.307 e. The molecule has 0 bridgehead atoms. The highest BCUT2D eigenvalue weighted by atomic mass is 16.5. The fourth-order valence-corrected chi connectivity index (χ4v) is 2.22. The molecule has 0 saturated heterocycles. The predicted molar refractivity (Wildman–Crippen MR) is 92.1 cm³/mol. The third kappa shape index (κ3) is 3.32. The molecule has 0 saturated carbocycles. The summed E-state index contributed by atoms with van der Waals surface area (Å²) in [5.41, 5.74) is 2.61. The van der Waals surface area contributed by atoms with Crippen molar-refractivity contribution in [1.29, 1.82) is 0 Å². The summed E-state index contributed by atoms with van der Waals surface area (Å²) in [4.78, 5) is 30.5. The van der Waals surface area contributed by atoms with Gasteiger partial charge in [-0.1, -0.05) is 18.2 Å². The van der Waals surface area contributed by atoms with E-state index in [-0.39, 0.29) is 17.3 Å². The molecule has 0 radical (unpaired) electrons. The summed E-state index contributed by atoms with van der Waals surface area (Å²) in [5.74, 6) is -0.645. The number of methoxy groups -OCH3 is 1. The lowest BCUT2D eigenvalue weighted by atomic mass is 10.2. The second kappa shape index (κ2) is 6.83. The number of H-pyrrole nitrogens is 1. The number of carbonyl (C=O) groups is 1. The van der Waals surface area contributed by atoms with E-state index in [1.807, 2.05) is 0 Å². The molecular weight excluding hydrogens is 324 g/mol. The van der Waals surface area contributed by atoms with Crippen molar-refractivity contribution < 1.29 is 14.6 Å². The quantitative estimate of drug-likeness (QED) is 0.491. The summed E-state index contributed by atoms with van der Waals surface area (Å²) in [6.07, 6.45) is 1.26. The minimum absolute atomic E-state index is 0.0970. The maximum atomic E-state index is 12.1. The van der Waals surface area contributed by atoms with E-state index in [1.54, 1.807) is 42.5 Å². The van der Waals surface area contributed by atoms with Crippen LogP contribution in [0, 0.1) is 0 Å². The lowest BCUT2D eigenvalue weighted by Gasteiger charge is -2.05.